The minimum atomic E-state index is -1.25. The molecule has 1 aromatic carbocycles. The third kappa shape index (κ3) is 8.85. The summed E-state index contributed by atoms with van der Waals surface area (Å²) in [6.45, 7) is 8.92. The maximum atomic E-state index is 12.1. The number of carbonyl (C=O) groups excluding carboxylic acids is 1. The molecule has 7 nitrogen and oxygen atoms in total. The van der Waals surface area contributed by atoms with Crippen LogP contribution in [0.2, 0.25) is 0 Å². The van der Waals surface area contributed by atoms with E-state index in [1.54, 1.807) is 17.6 Å². The molecule has 2 unspecified atom stereocenters. The van der Waals surface area contributed by atoms with Crippen molar-refractivity contribution in [3.63, 3.8) is 0 Å². The molecule has 192 valence electrons. The van der Waals surface area contributed by atoms with Crippen LogP contribution >= 0.6 is 0 Å². The number of unbranched alkanes of at least 4 members (excludes halogenated alkanes) is 1. The topological polar surface area (TPSA) is 95.4 Å². The second-order valence-corrected chi connectivity index (χ2v) is 10.5. The Morgan fingerprint density at radius 3 is 2.51 bits per heavy atom. The fourth-order valence-corrected chi connectivity index (χ4v) is 3.86. The van der Waals surface area contributed by atoms with E-state index in [1.165, 1.54) is 0 Å². The SMILES string of the molecule is CCCCNC(=O)CC(O)CC/C=C/c1c(-c2ccc(C)cc2)nc(N(C)S(C)=O)nc1C(C)C. The average Bonchev–Trinajstić information content (AvgIpc) is 2.81. The van der Waals surface area contributed by atoms with E-state index in [4.69, 9.17) is 9.97 Å². The second-order valence-electron chi connectivity index (χ2n) is 9.15. The number of hydrogen-bond acceptors (Lipinski definition) is 5. The van der Waals surface area contributed by atoms with Gasteiger partial charge in [-0.2, -0.15) is 0 Å². The number of nitrogens with one attached hydrogen (secondary N) is 1. The van der Waals surface area contributed by atoms with Crippen molar-refractivity contribution in [2.45, 2.75) is 71.8 Å². The molecular formula is C27H40N4O3S. The molecule has 35 heavy (non-hydrogen) atoms. The van der Waals surface area contributed by atoms with Crippen LogP contribution in [0.5, 0.6) is 0 Å². The molecule has 0 radical (unpaired) electrons. The zero-order chi connectivity index (χ0) is 26.0. The van der Waals surface area contributed by atoms with Crippen LogP contribution in [-0.2, 0) is 15.8 Å². The molecular weight excluding hydrogens is 460 g/mol. The lowest BCUT2D eigenvalue weighted by molar-refractivity contribution is -0.123. The Morgan fingerprint density at radius 2 is 1.91 bits per heavy atom. The number of benzene rings is 1. The van der Waals surface area contributed by atoms with Gasteiger partial charge >= 0.3 is 0 Å². The zero-order valence-electron chi connectivity index (χ0n) is 21.9. The van der Waals surface area contributed by atoms with Crippen molar-refractivity contribution < 1.29 is 14.1 Å². The van der Waals surface area contributed by atoms with Crippen LogP contribution in [0, 0.1) is 6.92 Å². The van der Waals surface area contributed by atoms with Crippen molar-refractivity contribution >= 4 is 28.9 Å². The standard InChI is InChI=1S/C27H40N4O3S/c1-7-8-17-28-24(33)18-22(32)11-9-10-12-23-25(19(2)3)29-27(31(5)35(6)34)30-26(23)21-15-13-20(4)14-16-21/h10,12-16,19,22,32H,7-9,11,17-18H2,1-6H3,(H,28,33)/b12-10+. The summed E-state index contributed by atoms with van der Waals surface area (Å²) < 4.78 is 13.7. The van der Waals surface area contributed by atoms with Crippen LogP contribution in [0.15, 0.2) is 30.3 Å². The molecule has 0 saturated heterocycles. The second kappa shape index (κ2) is 14.1. The number of carbonyl (C=O) groups is 1. The lowest BCUT2D eigenvalue weighted by atomic mass is 9.97. The molecule has 8 heteroatoms. The lowest BCUT2D eigenvalue weighted by Gasteiger charge is -2.20. The van der Waals surface area contributed by atoms with Crippen molar-refractivity contribution in [3.8, 4) is 11.3 Å². The number of rotatable bonds is 13. The Balaban J connectivity index is 2.29. The Bertz CT molecular complexity index is 1020. The highest BCUT2D eigenvalue weighted by Gasteiger charge is 2.19. The number of allylic oxidation sites excluding steroid dienone is 1. The van der Waals surface area contributed by atoms with E-state index >= 15 is 0 Å². The predicted octanol–water partition coefficient (Wildman–Crippen LogP) is 4.77. The maximum Gasteiger partial charge on any atom is 0.237 e. The van der Waals surface area contributed by atoms with Gasteiger partial charge in [-0.3, -0.25) is 9.10 Å². The molecule has 0 aliphatic heterocycles. The van der Waals surface area contributed by atoms with E-state index in [0.29, 0.717) is 25.3 Å². The van der Waals surface area contributed by atoms with Crippen molar-refractivity contribution in [2.75, 3.05) is 24.2 Å². The van der Waals surface area contributed by atoms with Gasteiger partial charge < -0.3 is 10.4 Å². The minimum Gasteiger partial charge on any atom is -0.393 e. The minimum absolute atomic E-state index is 0.111. The molecule has 0 fully saturated rings. The van der Waals surface area contributed by atoms with Gasteiger partial charge in [-0.15, -0.1) is 0 Å². The summed E-state index contributed by atoms with van der Waals surface area (Å²) in [4.78, 5) is 21.5. The number of anilines is 1. The number of hydrogen-bond donors (Lipinski definition) is 2. The monoisotopic (exact) mass is 500 g/mol. The first-order chi connectivity index (χ1) is 16.6. The summed E-state index contributed by atoms with van der Waals surface area (Å²) >= 11 is 0. The lowest BCUT2D eigenvalue weighted by Crippen LogP contribution is -2.28. The van der Waals surface area contributed by atoms with E-state index in [-0.39, 0.29) is 18.2 Å². The van der Waals surface area contributed by atoms with Crippen LogP contribution in [0.3, 0.4) is 0 Å². The third-order valence-electron chi connectivity index (χ3n) is 5.73. The van der Waals surface area contributed by atoms with Crippen LogP contribution in [0.25, 0.3) is 17.3 Å². The maximum absolute atomic E-state index is 12.1. The number of aromatic nitrogens is 2. The third-order valence-corrected chi connectivity index (χ3v) is 6.66. The first-order valence-electron chi connectivity index (χ1n) is 12.3. The van der Waals surface area contributed by atoms with Crippen LogP contribution < -0.4 is 9.62 Å². The smallest absolute Gasteiger partial charge is 0.237 e. The Hall–Kier alpha value is -2.58. The highest BCUT2D eigenvalue weighted by Crippen LogP contribution is 2.31. The number of amides is 1. The van der Waals surface area contributed by atoms with Crippen LogP contribution in [0.1, 0.15) is 75.6 Å². The predicted molar refractivity (Wildman–Crippen MR) is 146 cm³/mol. The zero-order valence-corrected chi connectivity index (χ0v) is 22.7. The molecule has 2 atom stereocenters. The molecule has 1 amide bonds. The van der Waals surface area contributed by atoms with E-state index in [0.717, 1.165) is 40.9 Å². The summed E-state index contributed by atoms with van der Waals surface area (Å²) in [6.07, 6.45) is 8.11. The number of nitrogens with zero attached hydrogens (tertiary/aromatic N) is 3. The summed E-state index contributed by atoms with van der Waals surface area (Å²) in [7, 11) is 0.478. The first-order valence-corrected chi connectivity index (χ1v) is 13.8. The summed E-state index contributed by atoms with van der Waals surface area (Å²) in [6, 6.07) is 8.16. The van der Waals surface area contributed by atoms with Crippen molar-refractivity contribution in [2.24, 2.45) is 0 Å². The highest BCUT2D eigenvalue weighted by atomic mass is 32.2. The molecule has 0 spiro atoms. The van der Waals surface area contributed by atoms with E-state index < -0.39 is 17.1 Å². The average molecular weight is 501 g/mol. The molecule has 0 saturated carbocycles. The Labute approximate surface area is 212 Å². The highest BCUT2D eigenvalue weighted by molar-refractivity contribution is 7.85. The van der Waals surface area contributed by atoms with Gasteiger partial charge in [0.25, 0.3) is 0 Å². The molecule has 2 aromatic rings. The number of aliphatic hydroxyl groups is 1. The van der Waals surface area contributed by atoms with Gasteiger partial charge in [0.1, 0.15) is 11.0 Å². The molecule has 0 aliphatic carbocycles. The molecule has 1 aromatic heterocycles. The summed E-state index contributed by atoms with van der Waals surface area (Å²) in [5.74, 6) is 0.434. The van der Waals surface area contributed by atoms with Crippen LogP contribution in [0.4, 0.5) is 5.95 Å². The van der Waals surface area contributed by atoms with Gasteiger partial charge in [-0.05, 0) is 32.1 Å². The van der Waals surface area contributed by atoms with Crippen LogP contribution in [-0.4, -0.2) is 51.1 Å². The van der Waals surface area contributed by atoms with Gasteiger partial charge in [-0.25, -0.2) is 14.2 Å². The number of aryl methyl sites for hydroxylation is 1. The van der Waals surface area contributed by atoms with Gasteiger partial charge in [0.05, 0.1) is 23.9 Å². The molecule has 0 bridgehead atoms. The summed E-state index contributed by atoms with van der Waals surface area (Å²) in [5.41, 5.74) is 4.68. The van der Waals surface area contributed by atoms with Gasteiger partial charge in [0.2, 0.25) is 11.9 Å². The molecule has 2 N–H and O–H groups in total. The van der Waals surface area contributed by atoms with E-state index in [1.807, 2.05) is 43.3 Å². The fraction of sp³-hybridized carbons (Fsp3) is 0.519. The van der Waals surface area contributed by atoms with Gasteiger partial charge in [0, 0.05) is 31.0 Å². The van der Waals surface area contributed by atoms with Crippen molar-refractivity contribution in [3.05, 3.63) is 47.2 Å². The van der Waals surface area contributed by atoms with Gasteiger partial charge in [0.15, 0.2) is 0 Å². The fourth-order valence-electron chi connectivity index (χ4n) is 3.55. The Kier molecular flexibility index (Phi) is 11.5. The first kappa shape index (κ1) is 28.7. The molecule has 0 aliphatic rings. The quantitative estimate of drug-likeness (QED) is 0.387. The summed E-state index contributed by atoms with van der Waals surface area (Å²) in [5, 5.41) is 13.1. The van der Waals surface area contributed by atoms with Gasteiger partial charge in [-0.1, -0.05) is 69.2 Å². The molecule has 1 heterocycles. The molecule has 2 rings (SSSR count). The largest absolute Gasteiger partial charge is 0.393 e. The normalized spacial score (nSPS) is 13.3. The van der Waals surface area contributed by atoms with Crippen molar-refractivity contribution in [1.82, 2.24) is 15.3 Å². The number of aliphatic hydroxyl groups excluding tert-OH is 1. The van der Waals surface area contributed by atoms with E-state index in [2.05, 4.69) is 26.1 Å². The van der Waals surface area contributed by atoms with E-state index in [9.17, 15) is 14.1 Å². The van der Waals surface area contributed by atoms with Crippen molar-refractivity contribution in [1.29, 1.82) is 0 Å². The Morgan fingerprint density at radius 1 is 1.23 bits per heavy atom.